The van der Waals surface area contributed by atoms with Crippen LogP contribution >= 0.6 is 11.3 Å². The number of nitrogens with zero attached hydrogens (tertiary/aromatic N) is 2. The molecule has 6 nitrogen and oxygen atoms in total. The summed E-state index contributed by atoms with van der Waals surface area (Å²) in [7, 11) is 0. The van der Waals surface area contributed by atoms with E-state index in [1.165, 1.54) is 11.3 Å². The van der Waals surface area contributed by atoms with Crippen molar-refractivity contribution < 1.29 is 19.4 Å². The van der Waals surface area contributed by atoms with Crippen LogP contribution < -0.4 is 0 Å². The van der Waals surface area contributed by atoms with Crippen LogP contribution in [0.4, 0.5) is 0 Å². The third kappa shape index (κ3) is 2.55. The molecule has 2 aliphatic heterocycles. The molecule has 0 radical (unpaired) electrons. The molecule has 0 spiro atoms. The predicted octanol–water partition coefficient (Wildman–Crippen LogP) is 1.19. The van der Waals surface area contributed by atoms with Gasteiger partial charge in [0.2, 0.25) is 10.9 Å². The van der Waals surface area contributed by atoms with Crippen LogP contribution in [0.25, 0.3) is 0 Å². The molecule has 2 fully saturated rings. The third-order valence-electron chi connectivity index (χ3n) is 3.92. The molecule has 1 aromatic heterocycles. The minimum Gasteiger partial charge on any atom is -0.476 e. The number of piperidine rings is 1. The van der Waals surface area contributed by atoms with Crippen LogP contribution in [0.15, 0.2) is 5.38 Å². The van der Waals surface area contributed by atoms with Gasteiger partial charge in [0, 0.05) is 24.4 Å². The lowest BCUT2D eigenvalue weighted by molar-refractivity contribution is -0.150. The third-order valence-corrected chi connectivity index (χ3v) is 4.77. The maximum absolute atomic E-state index is 12.1. The Labute approximate surface area is 120 Å². The van der Waals surface area contributed by atoms with Crippen LogP contribution in [-0.4, -0.2) is 53.2 Å². The first-order valence-electron chi connectivity index (χ1n) is 6.70. The van der Waals surface area contributed by atoms with Crippen LogP contribution in [0, 0.1) is 5.92 Å². The molecule has 20 heavy (non-hydrogen) atoms. The number of aromatic nitrogens is 1. The number of carboxylic acids is 1. The second-order valence-electron chi connectivity index (χ2n) is 5.22. The molecule has 0 aromatic carbocycles. The molecule has 3 heterocycles. The van der Waals surface area contributed by atoms with Gasteiger partial charge in [0.05, 0.1) is 24.8 Å². The fourth-order valence-corrected chi connectivity index (χ4v) is 3.34. The maximum atomic E-state index is 12.1. The Kier molecular flexibility index (Phi) is 3.71. The quantitative estimate of drug-likeness (QED) is 0.906. The van der Waals surface area contributed by atoms with Crippen LogP contribution in [0.3, 0.4) is 0 Å². The standard InChI is InChI=1S/C13H16N2O4S/c16-12(9-5-19-6-9)15-3-1-8(2-4-15)10-7-20-11(14-10)13(17)18/h7-9H,1-6H2,(H,17,18). The minimum absolute atomic E-state index is 0.0458. The van der Waals surface area contributed by atoms with Crippen LogP contribution in [-0.2, 0) is 9.53 Å². The number of ether oxygens (including phenoxy) is 1. The Morgan fingerprint density at radius 1 is 1.35 bits per heavy atom. The van der Waals surface area contributed by atoms with Crippen molar-refractivity contribution in [2.75, 3.05) is 26.3 Å². The van der Waals surface area contributed by atoms with E-state index in [1.54, 1.807) is 0 Å². The van der Waals surface area contributed by atoms with Crippen molar-refractivity contribution in [3.63, 3.8) is 0 Å². The number of thiazole rings is 1. The van der Waals surface area contributed by atoms with E-state index >= 15 is 0 Å². The van der Waals surface area contributed by atoms with Gasteiger partial charge in [-0.25, -0.2) is 9.78 Å². The average molecular weight is 296 g/mol. The van der Waals surface area contributed by atoms with E-state index in [-0.39, 0.29) is 22.8 Å². The highest BCUT2D eigenvalue weighted by Gasteiger charge is 2.33. The van der Waals surface area contributed by atoms with Crippen LogP contribution in [0.5, 0.6) is 0 Å². The fourth-order valence-electron chi connectivity index (χ4n) is 2.60. The molecular weight excluding hydrogens is 280 g/mol. The summed E-state index contributed by atoms with van der Waals surface area (Å²) in [6.45, 7) is 2.54. The van der Waals surface area contributed by atoms with E-state index < -0.39 is 5.97 Å². The van der Waals surface area contributed by atoms with E-state index in [4.69, 9.17) is 9.84 Å². The molecule has 7 heteroatoms. The number of hydrogen-bond acceptors (Lipinski definition) is 5. The number of carboxylic acid groups (broad SMARTS) is 1. The van der Waals surface area contributed by atoms with Gasteiger partial charge in [0.25, 0.3) is 0 Å². The van der Waals surface area contributed by atoms with Crippen molar-refractivity contribution in [2.24, 2.45) is 5.92 Å². The van der Waals surface area contributed by atoms with Gasteiger partial charge < -0.3 is 14.7 Å². The summed E-state index contributed by atoms with van der Waals surface area (Å²) in [5, 5.41) is 10.9. The molecule has 1 aromatic rings. The number of likely N-dealkylation sites (tertiary alicyclic amines) is 1. The smallest absolute Gasteiger partial charge is 0.365 e. The summed E-state index contributed by atoms with van der Waals surface area (Å²) in [4.78, 5) is 29.0. The normalized spacial score (nSPS) is 20.7. The highest BCUT2D eigenvalue weighted by Crippen LogP contribution is 2.30. The lowest BCUT2D eigenvalue weighted by Crippen LogP contribution is -2.47. The summed E-state index contributed by atoms with van der Waals surface area (Å²) in [5.41, 5.74) is 0.853. The largest absolute Gasteiger partial charge is 0.476 e. The Morgan fingerprint density at radius 2 is 2.05 bits per heavy atom. The number of rotatable bonds is 3. The van der Waals surface area contributed by atoms with Gasteiger partial charge in [-0.15, -0.1) is 11.3 Å². The molecule has 1 N–H and O–H groups in total. The highest BCUT2D eigenvalue weighted by atomic mass is 32.1. The van der Waals surface area contributed by atoms with Gasteiger partial charge in [-0.3, -0.25) is 4.79 Å². The lowest BCUT2D eigenvalue weighted by Gasteiger charge is -2.36. The van der Waals surface area contributed by atoms with Gasteiger partial charge in [-0.2, -0.15) is 0 Å². The lowest BCUT2D eigenvalue weighted by atomic mass is 9.93. The van der Waals surface area contributed by atoms with Crippen molar-refractivity contribution in [2.45, 2.75) is 18.8 Å². The molecular formula is C13H16N2O4S. The summed E-state index contributed by atoms with van der Waals surface area (Å²) in [6.07, 6.45) is 1.70. The van der Waals surface area contributed by atoms with Gasteiger partial charge >= 0.3 is 5.97 Å². The number of hydrogen-bond donors (Lipinski definition) is 1. The van der Waals surface area contributed by atoms with Gasteiger partial charge in [0.15, 0.2) is 0 Å². The SMILES string of the molecule is O=C(O)c1nc(C2CCN(C(=O)C3COC3)CC2)cs1. The first-order valence-corrected chi connectivity index (χ1v) is 7.58. The van der Waals surface area contributed by atoms with Gasteiger partial charge in [-0.05, 0) is 12.8 Å². The summed E-state index contributed by atoms with van der Waals surface area (Å²) < 4.78 is 5.05. The molecule has 0 unspecified atom stereocenters. The second-order valence-corrected chi connectivity index (χ2v) is 6.07. The van der Waals surface area contributed by atoms with E-state index in [0.717, 1.165) is 31.6 Å². The molecule has 3 rings (SSSR count). The predicted molar refractivity (Wildman–Crippen MR) is 71.9 cm³/mol. The second kappa shape index (κ2) is 5.49. The zero-order valence-electron chi connectivity index (χ0n) is 10.9. The summed E-state index contributed by atoms with van der Waals surface area (Å²) in [6, 6.07) is 0. The van der Waals surface area contributed by atoms with Crippen molar-refractivity contribution in [3.05, 3.63) is 16.1 Å². The Morgan fingerprint density at radius 3 is 2.55 bits per heavy atom. The monoisotopic (exact) mass is 296 g/mol. The molecule has 1 amide bonds. The Balaban J connectivity index is 1.57. The Bertz CT molecular complexity index is 518. The van der Waals surface area contributed by atoms with Gasteiger partial charge in [-0.1, -0.05) is 0 Å². The van der Waals surface area contributed by atoms with E-state index in [0.29, 0.717) is 13.2 Å². The van der Waals surface area contributed by atoms with Crippen molar-refractivity contribution in [3.8, 4) is 0 Å². The molecule has 0 atom stereocenters. The van der Waals surface area contributed by atoms with E-state index in [1.807, 2.05) is 10.3 Å². The molecule has 108 valence electrons. The van der Waals surface area contributed by atoms with E-state index in [9.17, 15) is 9.59 Å². The Hall–Kier alpha value is -1.47. The average Bonchev–Trinajstić information content (AvgIpc) is 2.86. The zero-order chi connectivity index (χ0) is 14.1. The van der Waals surface area contributed by atoms with Crippen LogP contribution in [0.1, 0.15) is 34.3 Å². The van der Waals surface area contributed by atoms with Crippen molar-refractivity contribution in [1.29, 1.82) is 0 Å². The van der Waals surface area contributed by atoms with E-state index in [2.05, 4.69) is 4.98 Å². The maximum Gasteiger partial charge on any atom is 0.365 e. The number of carbonyl (C=O) groups is 2. The molecule has 0 bridgehead atoms. The summed E-state index contributed by atoms with van der Waals surface area (Å²) >= 11 is 1.17. The highest BCUT2D eigenvalue weighted by molar-refractivity contribution is 7.11. The zero-order valence-corrected chi connectivity index (χ0v) is 11.8. The van der Waals surface area contributed by atoms with Crippen LogP contribution in [0.2, 0.25) is 0 Å². The minimum atomic E-state index is -0.973. The van der Waals surface area contributed by atoms with Crippen molar-refractivity contribution >= 4 is 23.2 Å². The molecule has 0 aliphatic carbocycles. The van der Waals surface area contributed by atoms with Crippen molar-refractivity contribution in [1.82, 2.24) is 9.88 Å². The fraction of sp³-hybridized carbons (Fsp3) is 0.615. The topological polar surface area (TPSA) is 79.7 Å². The number of carbonyl (C=O) groups excluding carboxylic acids is 1. The molecule has 0 saturated carbocycles. The van der Waals surface area contributed by atoms with Gasteiger partial charge in [0.1, 0.15) is 0 Å². The number of amides is 1. The first-order chi connectivity index (χ1) is 9.65. The first kappa shape index (κ1) is 13.5. The molecule has 2 aliphatic rings. The number of aromatic carboxylic acids is 1. The molecule has 2 saturated heterocycles. The summed E-state index contributed by atoms with van der Waals surface area (Å²) in [5.74, 6) is -0.469.